The number of pyridine rings is 1. The van der Waals surface area contributed by atoms with E-state index in [-0.39, 0.29) is 23.9 Å². The van der Waals surface area contributed by atoms with Gasteiger partial charge in [-0.1, -0.05) is 41.9 Å². The van der Waals surface area contributed by atoms with Gasteiger partial charge in [0, 0.05) is 55.2 Å². The van der Waals surface area contributed by atoms with Crippen molar-refractivity contribution >= 4 is 40.1 Å². The molecule has 0 unspecified atom stereocenters. The minimum atomic E-state index is -2.89. The third-order valence-electron chi connectivity index (χ3n) is 10.7. The van der Waals surface area contributed by atoms with Gasteiger partial charge >= 0.3 is 5.97 Å². The van der Waals surface area contributed by atoms with Crippen LogP contribution >= 0.6 is 11.6 Å². The Morgan fingerprint density at radius 1 is 1.04 bits per heavy atom. The average Bonchev–Trinajstić information content (AvgIpc) is 3.59. The third kappa shape index (κ3) is 8.37. The first-order valence-corrected chi connectivity index (χ1v) is 18.7. The number of anilines is 2. The molecule has 2 aromatic carbocycles. The molecule has 1 saturated carbocycles. The van der Waals surface area contributed by atoms with Gasteiger partial charge in [-0.05, 0) is 74.9 Å². The number of alkyl halides is 2. The number of rotatable bonds is 12. The van der Waals surface area contributed by atoms with Crippen molar-refractivity contribution in [2.75, 3.05) is 32.6 Å². The first-order valence-electron chi connectivity index (χ1n) is 18.3. The molecule has 55 heavy (non-hydrogen) atoms. The molecule has 0 bridgehead atoms. The van der Waals surface area contributed by atoms with Gasteiger partial charge in [0.15, 0.2) is 11.6 Å². The van der Waals surface area contributed by atoms with Crippen LogP contribution in [0, 0.1) is 12.8 Å². The highest BCUT2D eigenvalue weighted by molar-refractivity contribution is 6.36. The molecule has 0 radical (unpaired) electrons. The van der Waals surface area contributed by atoms with E-state index in [1.807, 2.05) is 50.4 Å². The van der Waals surface area contributed by atoms with E-state index < -0.39 is 18.2 Å². The number of ether oxygens (including phenoxy) is 1. The summed E-state index contributed by atoms with van der Waals surface area (Å²) in [6.07, 6.45) is 3.70. The molecule has 2 aliphatic rings. The summed E-state index contributed by atoms with van der Waals surface area (Å²) in [6, 6.07) is 13.3. The van der Waals surface area contributed by atoms with Crippen molar-refractivity contribution in [3.8, 4) is 28.3 Å². The molecule has 4 heterocycles. The number of carboxylic acid groups (broad SMARTS) is 1. The van der Waals surface area contributed by atoms with E-state index in [1.54, 1.807) is 25.6 Å². The number of hydrogen-bond donors (Lipinski definition) is 3. The van der Waals surface area contributed by atoms with E-state index in [0.29, 0.717) is 83.5 Å². The Morgan fingerprint density at radius 3 is 2.49 bits per heavy atom. The van der Waals surface area contributed by atoms with Gasteiger partial charge in [0.1, 0.15) is 11.2 Å². The number of carboxylic acids is 1. The summed E-state index contributed by atoms with van der Waals surface area (Å²) < 4.78 is 33.8. The Bertz CT molecular complexity index is 2200. The van der Waals surface area contributed by atoms with Crippen LogP contribution in [0.2, 0.25) is 5.02 Å². The van der Waals surface area contributed by atoms with Crippen LogP contribution in [0.3, 0.4) is 0 Å². The van der Waals surface area contributed by atoms with Gasteiger partial charge in [-0.25, -0.2) is 23.7 Å². The lowest BCUT2D eigenvalue weighted by Gasteiger charge is -2.33. The molecule has 12 nitrogen and oxygen atoms in total. The van der Waals surface area contributed by atoms with Crippen molar-refractivity contribution in [2.45, 2.75) is 70.7 Å². The fourth-order valence-corrected chi connectivity index (χ4v) is 7.94. The Labute approximate surface area is 322 Å². The molecule has 3 N–H and O–H groups in total. The van der Waals surface area contributed by atoms with Gasteiger partial charge in [0.05, 0.1) is 41.6 Å². The van der Waals surface area contributed by atoms with Crippen LogP contribution in [-0.4, -0.2) is 90.3 Å². The molecule has 15 heteroatoms. The lowest BCUT2D eigenvalue weighted by molar-refractivity contribution is -0.143. The van der Waals surface area contributed by atoms with E-state index in [4.69, 9.17) is 26.3 Å². The van der Waals surface area contributed by atoms with Gasteiger partial charge in [-0.3, -0.25) is 24.6 Å². The standard InChI is InChI=1S/C40H43ClF2N8O4/c1-22-27(6-5-9-30(22)46-37-35-31(47-38(49-37)36(42)43)16-23(17-45-35)19-51-15-14-26(52)20-51)28-7-4-8-29(34(28)41)32-18-44-33(39(48-32)55-3)21-50(2)25-12-10-24(11-13-25)40(53)54/h4-9,16-18,24-26,36,52H,10-15,19-21H2,1-3H3,(H,53,54)(H,46,47,49)/t24?,25?,26-/m1/s1. The van der Waals surface area contributed by atoms with Crippen molar-refractivity contribution in [1.82, 2.24) is 34.7 Å². The average molecular weight is 773 g/mol. The highest BCUT2D eigenvalue weighted by atomic mass is 35.5. The molecule has 2 fully saturated rings. The number of carbonyl (C=O) groups is 1. The van der Waals surface area contributed by atoms with Crippen LogP contribution in [-0.2, 0) is 17.9 Å². The summed E-state index contributed by atoms with van der Waals surface area (Å²) in [5.74, 6) is -1.08. The number of nitrogens with one attached hydrogen (secondary N) is 1. The van der Waals surface area contributed by atoms with E-state index in [9.17, 15) is 23.8 Å². The quantitative estimate of drug-likeness (QED) is 0.116. The molecule has 1 aliphatic heterocycles. The zero-order chi connectivity index (χ0) is 38.8. The fraction of sp³-hybridized carbons (Fsp3) is 0.400. The molecule has 288 valence electrons. The van der Waals surface area contributed by atoms with Crippen molar-refractivity contribution in [2.24, 2.45) is 5.92 Å². The zero-order valence-corrected chi connectivity index (χ0v) is 31.6. The van der Waals surface area contributed by atoms with Crippen LogP contribution in [0.15, 0.2) is 54.9 Å². The van der Waals surface area contributed by atoms with Gasteiger partial charge in [-0.2, -0.15) is 0 Å². The van der Waals surface area contributed by atoms with Gasteiger partial charge in [0.2, 0.25) is 5.88 Å². The molecular weight excluding hydrogens is 730 g/mol. The van der Waals surface area contributed by atoms with E-state index in [1.165, 1.54) is 0 Å². The minimum absolute atomic E-state index is 0.157. The second kappa shape index (κ2) is 16.5. The number of hydrogen-bond acceptors (Lipinski definition) is 11. The SMILES string of the molecule is COc1nc(-c2cccc(-c3cccc(Nc4nc(C(F)F)nc5cc(CN6CC[C@@H](O)C6)cnc45)c3C)c2Cl)cnc1CN(C)C1CCC(C(=O)O)CC1. The lowest BCUT2D eigenvalue weighted by atomic mass is 9.85. The Balaban J connectivity index is 1.14. The number of nitrogens with zero attached hydrogens (tertiary/aromatic N) is 7. The predicted octanol–water partition coefficient (Wildman–Crippen LogP) is 7.44. The summed E-state index contributed by atoms with van der Waals surface area (Å²) in [4.78, 5) is 38.1. The third-order valence-corrected chi connectivity index (χ3v) is 11.1. The molecule has 1 aliphatic carbocycles. The maximum absolute atomic E-state index is 14.0. The minimum Gasteiger partial charge on any atom is -0.481 e. The van der Waals surface area contributed by atoms with Crippen molar-refractivity contribution in [3.05, 3.63) is 82.5 Å². The fourth-order valence-electron chi connectivity index (χ4n) is 7.62. The summed E-state index contributed by atoms with van der Waals surface area (Å²) in [6.45, 7) is 4.22. The van der Waals surface area contributed by atoms with E-state index in [2.05, 4.69) is 30.1 Å². The predicted molar refractivity (Wildman–Crippen MR) is 206 cm³/mol. The maximum Gasteiger partial charge on any atom is 0.306 e. The summed E-state index contributed by atoms with van der Waals surface area (Å²) in [5.41, 5.74) is 6.28. The van der Waals surface area contributed by atoms with Gasteiger partial charge in [0.25, 0.3) is 6.43 Å². The Kier molecular flexibility index (Phi) is 11.5. The van der Waals surface area contributed by atoms with Crippen molar-refractivity contribution < 1.29 is 28.5 Å². The highest BCUT2D eigenvalue weighted by Crippen LogP contribution is 2.40. The summed E-state index contributed by atoms with van der Waals surface area (Å²) in [7, 11) is 3.56. The number of aliphatic carboxylic acids is 1. The molecule has 1 saturated heterocycles. The van der Waals surface area contributed by atoms with Gasteiger partial charge < -0.3 is 20.3 Å². The molecular formula is C40H43ClF2N8O4. The number of aliphatic hydroxyl groups excluding tert-OH is 1. The van der Waals surface area contributed by atoms with Crippen molar-refractivity contribution in [3.63, 3.8) is 0 Å². The monoisotopic (exact) mass is 772 g/mol. The summed E-state index contributed by atoms with van der Waals surface area (Å²) in [5, 5.41) is 23.0. The number of fused-ring (bicyclic) bond motifs is 1. The van der Waals surface area contributed by atoms with Gasteiger partial charge in [-0.15, -0.1) is 0 Å². The second-order valence-electron chi connectivity index (χ2n) is 14.4. The van der Waals surface area contributed by atoms with Crippen LogP contribution < -0.4 is 10.1 Å². The van der Waals surface area contributed by atoms with E-state index >= 15 is 0 Å². The number of likely N-dealkylation sites (tertiary alicyclic amines) is 1. The van der Waals surface area contributed by atoms with Crippen LogP contribution in [0.5, 0.6) is 5.88 Å². The smallest absolute Gasteiger partial charge is 0.306 e. The van der Waals surface area contributed by atoms with Crippen LogP contribution in [0.4, 0.5) is 20.3 Å². The first kappa shape index (κ1) is 38.4. The largest absolute Gasteiger partial charge is 0.481 e. The normalized spacial score (nSPS) is 19.0. The number of aliphatic hydroxyl groups is 1. The van der Waals surface area contributed by atoms with E-state index in [0.717, 1.165) is 41.6 Å². The number of benzene rings is 2. The molecule has 7 rings (SSSR count). The lowest BCUT2D eigenvalue weighted by Crippen LogP contribution is -2.36. The maximum atomic E-state index is 14.0. The van der Waals surface area contributed by atoms with Crippen LogP contribution in [0.1, 0.15) is 61.2 Å². The molecule has 3 aromatic heterocycles. The Morgan fingerprint density at radius 2 is 1.78 bits per heavy atom. The molecule has 1 atom stereocenters. The number of β-amino-alcohol motifs (C(OH)–C–C–N with tert-alkyl or cyclic N) is 1. The summed E-state index contributed by atoms with van der Waals surface area (Å²) >= 11 is 7.12. The first-order chi connectivity index (χ1) is 26.5. The molecule has 5 aromatic rings. The second-order valence-corrected chi connectivity index (χ2v) is 14.7. The molecule has 0 amide bonds. The Hall–Kier alpha value is -4.89. The highest BCUT2D eigenvalue weighted by Gasteiger charge is 2.29. The number of aromatic nitrogens is 5. The number of methoxy groups -OCH3 is 1. The zero-order valence-electron chi connectivity index (χ0n) is 30.8. The number of halogens is 3. The molecule has 0 spiro atoms. The van der Waals surface area contributed by atoms with Crippen molar-refractivity contribution in [1.29, 1.82) is 0 Å². The van der Waals surface area contributed by atoms with Crippen LogP contribution in [0.25, 0.3) is 33.4 Å². The topological polar surface area (TPSA) is 150 Å².